The van der Waals surface area contributed by atoms with E-state index in [9.17, 15) is 9.59 Å². The van der Waals surface area contributed by atoms with Crippen molar-refractivity contribution in [3.8, 4) is 0 Å². The fourth-order valence-electron chi connectivity index (χ4n) is 1.41. The van der Waals surface area contributed by atoms with E-state index in [-0.39, 0.29) is 24.2 Å². The predicted octanol–water partition coefficient (Wildman–Crippen LogP) is 1.22. The molecule has 2 amide bonds. The molecule has 7 heteroatoms. The lowest BCUT2D eigenvalue weighted by Gasteiger charge is -2.07. The summed E-state index contributed by atoms with van der Waals surface area (Å²) in [6.45, 7) is 1.46. The summed E-state index contributed by atoms with van der Waals surface area (Å²) >= 11 is 5.74. The van der Waals surface area contributed by atoms with Crippen molar-refractivity contribution in [1.29, 1.82) is 0 Å². The Kier molecular flexibility index (Phi) is 9.80. The van der Waals surface area contributed by atoms with Crippen molar-refractivity contribution in [3.05, 3.63) is 34.9 Å². The van der Waals surface area contributed by atoms with Crippen molar-refractivity contribution in [2.45, 2.75) is 6.42 Å². The lowest BCUT2D eigenvalue weighted by molar-refractivity contribution is -0.120. The summed E-state index contributed by atoms with van der Waals surface area (Å²) in [7, 11) is 1.79. The number of carbonyl (C=O) groups is 2. The van der Waals surface area contributed by atoms with E-state index in [0.29, 0.717) is 36.6 Å². The normalized spacial score (nSPS) is 9.50. The molecule has 0 heterocycles. The molecule has 0 fully saturated rings. The summed E-state index contributed by atoms with van der Waals surface area (Å²) in [6.07, 6.45) is 0.432. The van der Waals surface area contributed by atoms with Gasteiger partial charge in [0.2, 0.25) is 5.91 Å². The zero-order valence-corrected chi connectivity index (χ0v) is 12.8. The average molecular weight is 320 g/mol. The van der Waals surface area contributed by atoms with Crippen LogP contribution in [0.1, 0.15) is 16.8 Å². The van der Waals surface area contributed by atoms with Gasteiger partial charge in [0, 0.05) is 36.6 Å². The highest BCUT2D eigenvalue weighted by Gasteiger charge is 2.04. The first kappa shape index (κ1) is 18.7. The first-order chi connectivity index (χ1) is 9.13. The maximum Gasteiger partial charge on any atom is 0.251 e. The maximum atomic E-state index is 11.7. The number of amides is 2. The van der Waals surface area contributed by atoms with Crippen LogP contribution in [0.15, 0.2) is 24.3 Å². The summed E-state index contributed by atoms with van der Waals surface area (Å²) < 4.78 is 0. The quantitative estimate of drug-likeness (QED) is 0.662. The van der Waals surface area contributed by atoms with Gasteiger partial charge in [-0.15, -0.1) is 12.4 Å². The zero-order valence-electron chi connectivity index (χ0n) is 11.2. The molecule has 0 unspecified atom stereocenters. The number of benzene rings is 1. The summed E-state index contributed by atoms with van der Waals surface area (Å²) in [5, 5.41) is 8.92. The third kappa shape index (κ3) is 7.33. The van der Waals surface area contributed by atoms with Crippen LogP contribution < -0.4 is 16.0 Å². The van der Waals surface area contributed by atoms with Gasteiger partial charge in [-0.05, 0) is 31.3 Å². The highest BCUT2D eigenvalue weighted by molar-refractivity contribution is 6.30. The van der Waals surface area contributed by atoms with Gasteiger partial charge in [0.15, 0.2) is 0 Å². The molecule has 0 atom stereocenters. The molecule has 1 aromatic carbocycles. The molecule has 0 saturated carbocycles. The smallest absolute Gasteiger partial charge is 0.251 e. The molecule has 0 spiro atoms. The number of carbonyl (C=O) groups excluding carboxylic acids is 2. The van der Waals surface area contributed by atoms with Gasteiger partial charge in [-0.1, -0.05) is 11.6 Å². The molecule has 0 radical (unpaired) electrons. The minimum absolute atomic E-state index is 0. The Balaban J connectivity index is 0.00000361. The Morgan fingerprint density at radius 2 is 1.65 bits per heavy atom. The van der Waals surface area contributed by atoms with E-state index >= 15 is 0 Å². The largest absolute Gasteiger partial charge is 0.354 e. The Morgan fingerprint density at radius 3 is 2.25 bits per heavy atom. The van der Waals surface area contributed by atoms with Crippen molar-refractivity contribution >= 4 is 35.8 Å². The second kappa shape index (κ2) is 10.5. The standard InChI is InChI=1S/C13H18ClN3O2.ClH/c1-15-7-6-12(18)16-8-9-17-13(19)10-2-4-11(14)5-3-10;/h2-5,15H,6-9H2,1H3,(H,16,18)(H,17,19);1H. The number of halogens is 2. The van der Waals surface area contributed by atoms with Crippen LogP contribution in [0, 0.1) is 0 Å². The molecule has 5 nitrogen and oxygen atoms in total. The number of hydrogen-bond acceptors (Lipinski definition) is 3. The molecule has 0 aromatic heterocycles. The van der Waals surface area contributed by atoms with Crippen LogP contribution in [0.25, 0.3) is 0 Å². The van der Waals surface area contributed by atoms with E-state index in [1.807, 2.05) is 0 Å². The molecule has 3 N–H and O–H groups in total. The number of rotatable bonds is 7. The maximum absolute atomic E-state index is 11.7. The lowest BCUT2D eigenvalue weighted by atomic mass is 10.2. The van der Waals surface area contributed by atoms with Gasteiger partial charge in [0.05, 0.1) is 0 Å². The molecule has 112 valence electrons. The molecule has 0 saturated heterocycles. The van der Waals surface area contributed by atoms with E-state index in [0.717, 1.165) is 0 Å². The second-order valence-corrected chi connectivity index (χ2v) is 4.40. The second-order valence-electron chi connectivity index (χ2n) is 3.97. The van der Waals surface area contributed by atoms with Gasteiger partial charge in [0.25, 0.3) is 5.91 Å². The highest BCUT2D eigenvalue weighted by Crippen LogP contribution is 2.08. The van der Waals surface area contributed by atoms with Crippen LogP contribution >= 0.6 is 24.0 Å². The van der Waals surface area contributed by atoms with Gasteiger partial charge in [-0.3, -0.25) is 9.59 Å². The van der Waals surface area contributed by atoms with Crippen LogP contribution in [0.3, 0.4) is 0 Å². The lowest BCUT2D eigenvalue weighted by Crippen LogP contribution is -2.35. The van der Waals surface area contributed by atoms with Crippen molar-refractivity contribution in [2.24, 2.45) is 0 Å². The van der Waals surface area contributed by atoms with E-state index < -0.39 is 0 Å². The molecular formula is C13H19Cl2N3O2. The fourth-order valence-corrected chi connectivity index (χ4v) is 1.53. The minimum atomic E-state index is -0.179. The van der Waals surface area contributed by atoms with Crippen LogP contribution in [0.4, 0.5) is 0 Å². The summed E-state index contributed by atoms with van der Waals surface area (Å²) in [4.78, 5) is 23.0. The van der Waals surface area contributed by atoms with Gasteiger partial charge in [-0.25, -0.2) is 0 Å². The topological polar surface area (TPSA) is 70.2 Å². The Hall–Kier alpha value is -1.30. The van der Waals surface area contributed by atoms with Crippen molar-refractivity contribution in [1.82, 2.24) is 16.0 Å². The Morgan fingerprint density at radius 1 is 1.05 bits per heavy atom. The minimum Gasteiger partial charge on any atom is -0.354 e. The first-order valence-electron chi connectivity index (χ1n) is 6.08. The van der Waals surface area contributed by atoms with E-state index in [2.05, 4.69) is 16.0 Å². The van der Waals surface area contributed by atoms with Gasteiger partial charge in [0.1, 0.15) is 0 Å². The SMILES string of the molecule is CNCCC(=O)NCCNC(=O)c1ccc(Cl)cc1.Cl. The summed E-state index contributed by atoms with van der Waals surface area (Å²) in [6, 6.07) is 6.64. The molecule has 1 aromatic rings. The van der Waals surface area contributed by atoms with E-state index in [1.54, 1.807) is 31.3 Å². The Bertz CT molecular complexity index is 424. The predicted molar refractivity (Wildman–Crippen MR) is 82.6 cm³/mol. The van der Waals surface area contributed by atoms with Crippen molar-refractivity contribution in [2.75, 3.05) is 26.7 Å². The van der Waals surface area contributed by atoms with Crippen LogP contribution in [-0.4, -0.2) is 38.5 Å². The molecule has 1 rings (SSSR count). The number of nitrogens with one attached hydrogen (secondary N) is 3. The monoisotopic (exact) mass is 319 g/mol. The first-order valence-corrected chi connectivity index (χ1v) is 6.46. The van der Waals surface area contributed by atoms with E-state index in [1.165, 1.54) is 0 Å². The van der Waals surface area contributed by atoms with E-state index in [4.69, 9.17) is 11.6 Å². The van der Waals surface area contributed by atoms with Gasteiger partial charge >= 0.3 is 0 Å². The van der Waals surface area contributed by atoms with Crippen molar-refractivity contribution in [3.63, 3.8) is 0 Å². The van der Waals surface area contributed by atoms with Gasteiger partial charge in [-0.2, -0.15) is 0 Å². The molecule has 0 aliphatic carbocycles. The highest BCUT2D eigenvalue weighted by atomic mass is 35.5. The van der Waals surface area contributed by atoms with Crippen LogP contribution in [0.5, 0.6) is 0 Å². The molecular weight excluding hydrogens is 301 g/mol. The average Bonchev–Trinajstić information content (AvgIpc) is 2.41. The summed E-state index contributed by atoms with van der Waals surface area (Å²) in [5.41, 5.74) is 0.547. The fraction of sp³-hybridized carbons (Fsp3) is 0.385. The van der Waals surface area contributed by atoms with Crippen LogP contribution in [-0.2, 0) is 4.79 Å². The van der Waals surface area contributed by atoms with Crippen molar-refractivity contribution < 1.29 is 9.59 Å². The number of hydrogen-bond donors (Lipinski definition) is 3. The molecule has 0 bridgehead atoms. The zero-order chi connectivity index (χ0) is 14.1. The Labute approximate surface area is 129 Å². The molecule has 0 aliphatic rings. The summed E-state index contributed by atoms with van der Waals surface area (Å²) in [5.74, 6) is -0.212. The third-order valence-electron chi connectivity index (χ3n) is 2.44. The van der Waals surface area contributed by atoms with Gasteiger partial charge < -0.3 is 16.0 Å². The van der Waals surface area contributed by atoms with Crippen LogP contribution in [0.2, 0.25) is 5.02 Å². The molecule has 0 aliphatic heterocycles. The molecule has 20 heavy (non-hydrogen) atoms. The third-order valence-corrected chi connectivity index (χ3v) is 2.69.